The van der Waals surface area contributed by atoms with Gasteiger partial charge in [-0.05, 0) is 44.0 Å². The highest BCUT2D eigenvalue weighted by Gasteiger charge is 2.16. The molecule has 1 aromatic heterocycles. The molecule has 0 radical (unpaired) electrons. The lowest BCUT2D eigenvalue weighted by atomic mass is 10.2. The van der Waals surface area contributed by atoms with Crippen LogP contribution >= 0.6 is 0 Å². The minimum absolute atomic E-state index is 0.114. The van der Waals surface area contributed by atoms with Crippen molar-refractivity contribution in [1.82, 2.24) is 20.2 Å². The van der Waals surface area contributed by atoms with E-state index in [1.165, 1.54) is 11.3 Å². The third kappa shape index (κ3) is 5.92. The molecule has 2 aromatic carbocycles. The zero-order chi connectivity index (χ0) is 22.2. The second-order valence-corrected chi connectivity index (χ2v) is 8.29. The number of carbonyl (C=O) groups excluding carboxylic acids is 1. The van der Waals surface area contributed by atoms with Gasteiger partial charge in [-0.3, -0.25) is 9.69 Å². The van der Waals surface area contributed by atoms with Crippen LogP contribution in [0.2, 0.25) is 0 Å². The van der Waals surface area contributed by atoms with E-state index in [0.29, 0.717) is 17.9 Å². The number of anilines is 1. The van der Waals surface area contributed by atoms with E-state index < -0.39 is 0 Å². The van der Waals surface area contributed by atoms with Crippen molar-refractivity contribution >= 4 is 11.6 Å². The van der Waals surface area contributed by atoms with E-state index in [1.807, 2.05) is 30.3 Å². The third-order valence-electron chi connectivity index (χ3n) is 5.87. The smallest absolute Gasteiger partial charge is 0.254 e. The van der Waals surface area contributed by atoms with Crippen molar-refractivity contribution < 1.29 is 4.79 Å². The van der Waals surface area contributed by atoms with Crippen LogP contribution in [0.25, 0.3) is 11.4 Å². The first-order valence-electron chi connectivity index (χ1n) is 11.4. The molecule has 1 N–H and O–H groups in total. The van der Waals surface area contributed by atoms with Gasteiger partial charge < -0.3 is 10.2 Å². The van der Waals surface area contributed by atoms with Gasteiger partial charge in [0.15, 0.2) is 5.82 Å². The second-order valence-electron chi connectivity index (χ2n) is 8.29. The molecule has 0 atom stereocenters. The van der Waals surface area contributed by atoms with Crippen LogP contribution < -0.4 is 10.2 Å². The SMILES string of the molecule is Cc1cccc(N2CCN(CCCCNC(=O)c3cnc(-c4ccccc4)nc3)CC2)c1. The molecule has 4 rings (SSSR count). The van der Waals surface area contributed by atoms with Crippen LogP contribution in [0.3, 0.4) is 0 Å². The van der Waals surface area contributed by atoms with Gasteiger partial charge in [-0.25, -0.2) is 9.97 Å². The summed E-state index contributed by atoms with van der Waals surface area (Å²) < 4.78 is 0. The number of hydrogen-bond donors (Lipinski definition) is 1. The highest BCUT2D eigenvalue weighted by Crippen LogP contribution is 2.18. The second kappa shape index (κ2) is 10.9. The summed E-state index contributed by atoms with van der Waals surface area (Å²) >= 11 is 0. The molecule has 32 heavy (non-hydrogen) atoms. The van der Waals surface area contributed by atoms with Crippen molar-refractivity contribution in [3.63, 3.8) is 0 Å². The first-order valence-corrected chi connectivity index (χ1v) is 11.4. The molecular formula is C26H31N5O. The number of aromatic nitrogens is 2. The number of benzene rings is 2. The Morgan fingerprint density at radius 2 is 1.69 bits per heavy atom. The monoisotopic (exact) mass is 429 g/mol. The molecule has 3 aromatic rings. The predicted molar refractivity (Wildman–Crippen MR) is 129 cm³/mol. The first-order chi connectivity index (χ1) is 15.7. The summed E-state index contributed by atoms with van der Waals surface area (Å²) in [6.07, 6.45) is 5.23. The van der Waals surface area contributed by atoms with Crippen LogP contribution in [0.4, 0.5) is 5.69 Å². The van der Waals surface area contributed by atoms with E-state index in [2.05, 4.69) is 56.3 Å². The summed E-state index contributed by atoms with van der Waals surface area (Å²) in [6, 6.07) is 18.5. The average molecular weight is 430 g/mol. The summed E-state index contributed by atoms with van der Waals surface area (Å²) in [5.41, 5.74) is 4.08. The largest absolute Gasteiger partial charge is 0.369 e. The summed E-state index contributed by atoms with van der Waals surface area (Å²) in [5, 5.41) is 2.98. The van der Waals surface area contributed by atoms with E-state index in [4.69, 9.17) is 0 Å². The standard InChI is InChI=1S/C26H31N5O/c1-21-8-7-11-24(18-21)31-16-14-30(15-17-31)13-6-5-12-27-26(32)23-19-28-25(29-20-23)22-9-3-2-4-10-22/h2-4,7-11,18-20H,5-6,12-17H2,1H3,(H,27,32). The Balaban J connectivity index is 1.13. The van der Waals surface area contributed by atoms with Crippen LogP contribution in [-0.4, -0.2) is 60.0 Å². The van der Waals surface area contributed by atoms with Gasteiger partial charge in [0.2, 0.25) is 0 Å². The van der Waals surface area contributed by atoms with Gasteiger partial charge in [0, 0.05) is 56.4 Å². The van der Waals surface area contributed by atoms with Crippen LogP contribution in [0.15, 0.2) is 67.0 Å². The van der Waals surface area contributed by atoms with Crippen LogP contribution in [0.5, 0.6) is 0 Å². The first kappa shape index (κ1) is 22.0. The molecule has 0 bridgehead atoms. The Morgan fingerprint density at radius 1 is 0.938 bits per heavy atom. The summed E-state index contributed by atoms with van der Waals surface area (Å²) in [4.78, 5) is 26.0. The maximum absolute atomic E-state index is 12.3. The Hall–Kier alpha value is -3.25. The number of hydrogen-bond acceptors (Lipinski definition) is 5. The Bertz CT molecular complexity index is 998. The van der Waals surface area contributed by atoms with Gasteiger partial charge in [0.25, 0.3) is 5.91 Å². The zero-order valence-corrected chi connectivity index (χ0v) is 18.7. The number of rotatable bonds is 8. The quantitative estimate of drug-likeness (QED) is 0.552. The average Bonchev–Trinajstić information content (AvgIpc) is 2.85. The summed E-state index contributed by atoms with van der Waals surface area (Å²) in [5.74, 6) is 0.515. The fraction of sp³-hybridized carbons (Fsp3) is 0.346. The van der Waals surface area contributed by atoms with Crippen LogP contribution in [0, 0.1) is 6.92 Å². The van der Waals surface area contributed by atoms with Crippen molar-refractivity contribution in [2.24, 2.45) is 0 Å². The number of aryl methyl sites for hydroxylation is 1. The number of nitrogens with one attached hydrogen (secondary N) is 1. The topological polar surface area (TPSA) is 61.4 Å². The molecule has 6 heteroatoms. The fourth-order valence-electron chi connectivity index (χ4n) is 4.00. The highest BCUT2D eigenvalue weighted by atomic mass is 16.1. The summed E-state index contributed by atoms with van der Waals surface area (Å²) in [6.45, 7) is 8.20. The lowest BCUT2D eigenvalue weighted by molar-refractivity contribution is 0.0951. The van der Waals surface area contributed by atoms with Gasteiger partial charge in [-0.15, -0.1) is 0 Å². The molecule has 2 heterocycles. The fourth-order valence-corrected chi connectivity index (χ4v) is 4.00. The third-order valence-corrected chi connectivity index (χ3v) is 5.87. The molecular weight excluding hydrogens is 398 g/mol. The van der Waals surface area contributed by atoms with E-state index in [1.54, 1.807) is 12.4 Å². The molecule has 0 aliphatic carbocycles. The summed E-state index contributed by atoms with van der Waals surface area (Å²) in [7, 11) is 0. The Labute approximate surface area is 190 Å². The van der Waals surface area contributed by atoms with Crippen molar-refractivity contribution in [2.75, 3.05) is 44.2 Å². The molecule has 166 valence electrons. The van der Waals surface area contributed by atoms with Gasteiger partial charge in [-0.1, -0.05) is 42.5 Å². The van der Waals surface area contributed by atoms with Crippen molar-refractivity contribution in [1.29, 1.82) is 0 Å². The lowest BCUT2D eigenvalue weighted by Gasteiger charge is -2.36. The number of amides is 1. The van der Waals surface area contributed by atoms with E-state index in [9.17, 15) is 4.79 Å². The number of unbranched alkanes of at least 4 members (excludes halogenated alkanes) is 1. The Kier molecular flexibility index (Phi) is 7.46. The maximum Gasteiger partial charge on any atom is 0.254 e. The molecule has 6 nitrogen and oxygen atoms in total. The van der Waals surface area contributed by atoms with Gasteiger partial charge in [-0.2, -0.15) is 0 Å². The molecule has 1 saturated heterocycles. The number of carbonyl (C=O) groups is 1. The van der Waals surface area contributed by atoms with E-state index in [-0.39, 0.29) is 5.91 Å². The van der Waals surface area contributed by atoms with Crippen molar-refractivity contribution in [3.05, 3.63) is 78.1 Å². The number of nitrogens with zero attached hydrogens (tertiary/aromatic N) is 4. The number of piperazine rings is 1. The van der Waals surface area contributed by atoms with Crippen molar-refractivity contribution in [2.45, 2.75) is 19.8 Å². The van der Waals surface area contributed by atoms with Gasteiger partial charge in [0.1, 0.15) is 0 Å². The molecule has 0 unspecified atom stereocenters. The lowest BCUT2D eigenvalue weighted by Crippen LogP contribution is -2.46. The zero-order valence-electron chi connectivity index (χ0n) is 18.7. The minimum Gasteiger partial charge on any atom is -0.369 e. The molecule has 0 saturated carbocycles. The maximum atomic E-state index is 12.3. The minimum atomic E-state index is -0.114. The molecule has 1 fully saturated rings. The van der Waals surface area contributed by atoms with E-state index in [0.717, 1.165) is 51.1 Å². The normalized spacial score (nSPS) is 14.3. The van der Waals surface area contributed by atoms with Crippen LogP contribution in [0.1, 0.15) is 28.8 Å². The molecule has 1 aliphatic rings. The van der Waals surface area contributed by atoms with Gasteiger partial charge in [0.05, 0.1) is 5.56 Å². The molecule has 1 aliphatic heterocycles. The van der Waals surface area contributed by atoms with Crippen LogP contribution in [-0.2, 0) is 0 Å². The Morgan fingerprint density at radius 3 is 2.41 bits per heavy atom. The highest BCUT2D eigenvalue weighted by molar-refractivity contribution is 5.93. The molecule has 0 spiro atoms. The van der Waals surface area contributed by atoms with Gasteiger partial charge >= 0.3 is 0 Å². The predicted octanol–water partition coefficient (Wildman–Crippen LogP) is 3.78. The van der Waals surface area contributed by atoms with Crippen molar-refractivity contribution in [3.8, 4) is 11.4 Å². The van der Waals surface area contributed by atoms with E-state index >= 15 is 0 Å². The molecule has 1 amide bonds.